The van der Waals surface area contributed by atoms with E-state index in [0.717, 1.165) is 32.4 Å². The summed E-state index contributed by atoms with van der Waals surface area (Å²) in [7, 11) is 0.903. The van der Waals surface area contributed by atoms with Crippen molar-refractivity contribution in [1.29, 1.82) is 0 Å². The van der Waals surface area contributed by atoms with E-state index in [1.54, 1.807) is 0 Å². The van der Waals surface area contributed by atoms with Crippen molar-refractivity contribution in [2.75, 3.05) is 13.1 Å². The highest BCUT2D eigenvalue weighted by atomic mass is 32.2. The molecule has 1 spiro atoms. The molecule has 1 saturated heterocycles. The lowest BCUT2D eigenvalue weighted by Gasteiger charge is -2.40. The van der Waals surface area contributed by atoms with E-state index in [9.17, 15) is 4.21 Å². The average molecular weight is 310 g/mol. The van der Waals surface area contributed by atoms with Crippen LogP contribution in [-0.4, -0.2) is 31.8 Å². The van der Waals surface area contributed by atoms with Crippen molar-refractivity contribution >= 4 is 11.0 Å². The number of aromatic nitrogens is 2. The van der Waals surface area contributed by atoms with Gasteiger partial charge in [0.1, 0.15) is 0 Å². The van der Waals surface area contributed by atoms with Crippen molar-refractivity contribution in [3.8, 4) is 0 Å². The third-order valence-electron chi connectivity index (χ3n) is 4.76. The highest BCUT2D eigenvalue weighted by Gasteiger charge is 2.49. The second kappa shape index (κ2) is 5.18. The molecule has 21 heavy (non-hydrogen) atoms. The smallest absolute Gasteiger partial charge is 0.0976 e. The number of aryl methyl sites for hydroxylation is 1. The van der Waals surface area contributed by atoms with Crippen LogP contribution in [0, 0.1) is 5.41 Å². The second-order valence-electron chi connectivity index (χ2n) is 7.43. The molecule has 2 N–H and O–H groups in total. The van der Waals surface area contributed by atoms with Gasteiger partial charge in [-0.15, -0.1) is 0 Å². The maximum atomic E-state index is 12.6. The fourth-order valence-electron chi connectivity index (χ4n) is 3.56. The van der Waals surface area contributed by atoms with Crippen LogP contribution in [0.15, 0.2) is 6.20 Å². The molecule has 0 saturated carbocycles. The number of piperidine rings is 1. The summed E-state index contributed by atoms with van der Waals surface area (Å²) in [5, 5.41) is 8.06. The van der Waals surface area contributed by atoms with Gasteiger partial charge in [0.25, 0.3) is 0 Å². The lowest BCUT2D eigenvalue weighted by atomic mass is 9.74. The fourth-order valence-corrected chi connectivity index (χ4v) is 4.50. The van der Waals surface area contributed by atoms with Crippen LogP contribution in [0.4, 0.5) is 0 Å². The second-order valence-corrected chi connectivity index (χ2v) is 9.42. The summed E-state index contributed by atoms with van der Waals surface area (Å²) < 4.78 is 17.7. The van der Waals surface area contributed by atoms with Gasteiger partial charge < -0.3 is 5.32 Å². The Morgan fingerprint density at radius 2 is 2.10 bits per heavy atom. The van der Waals surface area contributed by atoms with Crippen molar-refractivity contribution in [2.45, 2.75) is 50.8 Å². The van der Waals surface area contributed by atoms with E-state index in [1.165, 1.54) is 11.3 Å². The molecule has 2 atom stereocenters. The Labute approximate surface area is 129 Å². The molecule has 2 aliphatic rings. The van der Waals surface area contributed by atoms with E-state index in [4.69, 9.17) is 0 Å². The minimum absolute atomic E-state index is 0.156. The topological polar surface area (TPSA) is 59.0 Å². The van der Waals surface area contributed by atoms with Gasteiger partial charge >= 0.3 is 0 Å². The Kier molecular flexibility index (Phi) is 3.74. The van der Waals surface area contributed by atoms with Crippen LogP contribution in [0.25, 0.3) is 0 Å². The maximum Gasteiger partial charge on any atom is 0.0976 e. The summed E-state index contributed by atoms with van der Waals surface area (Å²) in [5.41, 5.74) is 2.61. The molecule has 0 amide bonds. The summed E-state index contributed by atoms with van der Waals surface area (Å²) >= 11 is 0. The zero-order chi connectivity index (χ0) is 15.3. The van der Waals surface area contributed by atoms with Crippen LogP contribution >= 0.6 is 0 Å². The predicted octanol–water partition coefficient (Wildman–Crippen LogP) is 1.44. The predicted molar refractivity (Wildman–Crippen MR) is 85.2 cm³/mol. The first kappa shape index (κ1) is 15.2. The molecule has 1 aromatic rings. The number of hydrogen-bond donors (Lipinski definition) is 2. The quantitative estimate of drug-likeness (QED) is 0.869. The molecular weight excluding hydrogens is 284 g/mol. The first-order chi connectivity index (χ1) is 9.82. The Morgan fingerprint density at radius 1 is 1.43 bits per heavy atom. The standard InChI is InChI=1S/C15H26N4OS/c1-14(2,3)21(20)18-13-11-10-19(4)17-12(11)9-15(13)5-7-16-8-6-15/h10,13,16,18H,5-9H2,1-4H3/t13-,21?/m1/s1. The van der Waals surface area contributed by atoms with Crippen LogP contribution in [-0.2, 0) is 24.5 Å². The van der Waals surface area contributed by atoms with Gasteiger partial charge in [0, 0.05) is 18.8 Å². The van der Waals surface area contributed by atoms with Crippen molar-refractivity contribution in [2.24, 2.45) is 12.5 Å². The molecule has 1 aliphatic carbocycles. The summed E-state index contributed by atoms with van der Waals surface area (Å²) in [5.74, 6) is 0. The molecule has 1 aliphatic heterocycles. The van der Waals surface area contributed by atoms with Gasteiger partial charge in [-0.25, -0.2) is 8.93 Å². The summed E-state index contributed by atoms with van der Waals surface area (Å²) in [6.45, 7) is 8.13. The van der Waals surface area contributed by atoms with Crippen LogP contribution in [0.5, 0.6) is 0 Å². The molecule has 6 heteroatoms. The largest absolute Gasteiger partial charge is 0.317 e. The van der Waals surface area contributed by atoms with E-state index in [-0.39, 0.29) is 16.2 Å². The molecule has 0 bridgehead atoms. The first-order valence-corrected chi connectivity index (χ1v) is 8.88. The molecule has 1 aromatic heterocycles. The van der Waals surface area contributed by atoms with Crippen LogP contribution in [0.1, 0.15) is 50.9 Å². The molecule has 1 unspecified atom stereocenters. The molecule has 2 heterocycles. The molecule has 0 radical (unpaired) electrons. The van der Waals surface area contributed by atoms with Gasteiger partial charge in [0.05, 0.1) is 27.5 Å². The average Bonchev–Trinajstić information content (AvgIpc) is 2.86. The van der Waals surface area contributed by atoms with Crippen molar-refractivity contribution in [3.63, 3.8) is 0 Å². The number of hydrogen-bond acceptors (Lipinski definition) is 3. The van der Waals surface area contributed by atoms with E-state index >= 15 is 0 Å². The summed E-state index contributed by atoms with van der Waals surface area (Å²) in [4.78, 5) is 0. The highest BCUT2D eigenvalue weighted by molar-refractivity contribution is 7.84. The van der Waals surface area contributed by atoms with Crippen molar-refractivity contribution in [3.05, 3.63) is 17.5 Å². The van der Waals surface area contributed by atoms with Gasteiger partial charge in [0.2, 0.25) is 0 Å². The van der Waals surface area contributed by atoms with Gasteiger partial charge in [-0.3, -0.25) is 4.68 Å². The number of rotatable bonds is 2. The monoisotopic (exact) mass is 310 g/mol. The van der Waals surface area contributed by atoms with E-state index in [0.29, 0.717) is 0 Å². The minimum Gasteiger partial charge on any atom is -0.317 e. The molecule has 118 valence electrons. The highest BCUT2D eigenvalue weighted by Crippen LogP contribution is 2.51. The van der Waals surface area contributed by atoms with Crippen molar-refractivity contribution in [1.82, 2.24) is 19.8 Å². The van der Waals surface area contributed by atoms with Gasteiger partial charge in [-0.2, -0.15) is 5.10 Å². The number of fused-ring (bicyclic) bond motifs is 1. The van der Waals surface area contributed by atoms with Gasteiger partial charge in [0.15, 0.2) is 0 Å². The molecule has 5 nitrogen and oxygen atoms in total. The van der Waals surface area contributed by atoms with Gasteiger partial charge in [-0.05, 0) is 58.5 Å². The van der Waals surface area contributed by atoms with E-state index in [1.807, 2.05) is 32.5 Å². The molecule has 1 fully saturated rings. The SMILES string of the molecule is Cn1cc2c(n1)CC1(CCNCC1)[C@@H]2NS(=O)C(C)(C)C. The van der Waals surface area contributed by atoms with Crippen LogP contribution in [0.2, 0.25) is 0 Å². The molecular formula is C15H26N4OS. The first-order valence-electron chi connectivity index (χ1n) is 7.73. The number of nitrogens with zero attached hydrogens (tertiary/aromatic N) is 2. The summed E-state index contributed by atoms with van der Waals surface area (Å²) in [6, 6.07) is 0.156. The lowest BCUT2D eigenvalue weighted by Crippen LogP contribution is -2.46. The van der Waals surface area contributed by atoms with Crippen molar-refractivity contribution < 1.29 is 4.21 Å². The normalized spacial score (nSPS) is 26.0. The fraction of sp³-hybridized carbons (Fsp3) is 0.800. The van der Waals surface area contributed by atoms with Gasteiger partial charge in [-0.1, -0.05) is 0 Å². The zero-order valence-electron chi connectivity index (χ0n) is 13.4. The maximum absolute atomic E-state index is 12.6. The van der Waals surface area contributed by atoms with Crippen LogP contribution < -0.4 is 10.0 Å². The Bertz CT molecular complexity index is 555. The van der Waals surface area contributed by atoms with E-state index < -0.39 is 11.0 Å². The third-order valence-corrected chi connectivity index (χ3v) is 6.32. The van der Waals surface area contributed by atoms with E-state index in [2.05, 4.69) is 21.3 Å². The Hall–Kier alpha value is -0.720. The summed E-state index contributed by atoms with van der Waals surface area (Å²) in [6.07, 6.45) is 5.34. The number of nitrogens with one attached hydrogen (secondary N) is 2. The Morgan fingerprint density at radius 3 is 2.71 bits per heavy atom. The lowest BCUT2D eigenvalue weighted by molar-refractivity contribution is 0.162. The van der Waals surface area contributed by atoms with Crippen LogP contribution in [0.3, 0.4) is 0 Å². The third kappa shape index (κ3) is 2.69. The zero-order valence-corrected chi connectivity index (χ0v) is 14.2. The molecule has 0 aromatic carbocycles. The Balaban J connectivity index is 1.92. The molecule has 3 rings (SSSR count). The minimum atomic E-state index is -1.06.